The van der Waals surface area contributed by atoms with Crippen molar-refractivity contribution in [2.24, 2.45) is 0 Å². The SMILES string of the molecule is O=C(OCCN1CCCCC1)N1c2ccccc2Sc2cccnc21. The van der Waals surface area contributed by atoms with E-state index in [0.717, 1.165) is 35.1 Å². The van der Waals surface area contributed by atoms with Crippen LogP contribution in [-0.2, 0) is 4.74 Å². The van der Waals surface area contributed by atoms with Gasteiger partial charge in [-0.1, -0.05) is 30.3 Å². The smallest absolute Gasteiger partial charge is 0.420 e. The molecule has 5 nitrogen and oxygen atoms in total. The van der Waals surface area contributed by atoms with Crippen LogP contribution in [0.25, 0.3) is 0 Å². The number of likely N-dealkylation sites (tertiary alicyclic amines) is 1. The van der Waals surface area contributed by atoms with E-state index in [-0.39, 0.29) is 6.09 Å². The molecule has 1 aromatic heterocycles. The molecule has 0 bridgehead atoms. The molecule has 0 aliphatic carbocycles. The summed E-state index contributed by atoms with van der Waals surface area (Å²) in [5, 5.41) is 0. The maximum absolute atomic E-state index is 12.8. The van der Waals surface area contributed by atoms with Gasteiger partial charge in [-0.25, -0.2) is 14.7 Å². The molecule has 0 saturated carbocycles. The lowest BCUT2D eigenvalue weighted by Gasteiger charge is -2.30. The predicted octanol–water partition coefficient (Wildman–Crippen LogP) is 4.31. The number of para-hydroxylation sites is 1. The van der Waals surface area contributed by atoms with Crippen LogP contribution in [0.4, 0.5) is 16.3 Å². The molecule has 25 heavy (non-hydrogen) atoms. The number of hydrogen-bond acceptors (Lipinski definition) is 5. The average Bonchev–Trinajstić information content (AvgIpc) is 2.66. The Hall–Kier alpha value is -2.05. The Morgan fingerprint density at radius 2 is 1.88 bits per heavy atom. The summed E-state index contributed by atoms with van der Waals surface area (Å²) < 4.78 is 5.59. The van der Waals surface area contributed by atoms with Crippen LogP contribution in [0.5, 0.6) is 0 Å². The van der Waals surface area contributed by atoms with Crippen molar-refractivity contribution >= 4 is 29.4 Å². The number of nitrogens with zero attached hydrogens (tertiary/aromatic N) is 3. The molecule has 0 radical (unpaired) electrons. The third-order valence-electron chi connectivity index (χ3n) is 4.55. The molecular formula is C19H21N3O2S. The van der Waals surface area contributed by atoms with Gasteiger partial charge in [0, 0.05) is 17.6 Å². The van der Waals surface area contributed by atoms with Crippen LogP contribution >= 0.6 is 11.8 Å². The van der Waals surface area contributed by atoms with E-state index in [4.69, 9.17) is 4.74 Å². The summed E-state index contributed by atoms with van der Waals surface area (Å²) in [5.74, 6) is 0.647. The minimum absolute atomic E-state index is 0.357. The third kappa shape index (κ3) is 3.50. The molecule has 2 aromatic rings. The Morgan fingerprint density at radius 1 is 1.08 bits per heavy atom. The lowest BCUT2D eigenvalue weighted by Crippen LogP contribution is -2.35. The molecule has 2 aliphatic heterocycles. The first-order chi connectivity index (χ1) is 12.3. The van der Waals surface area contributed by atoms with Gasteiger partial charge in [0.2, 0.25) is 0 Å². The Labute approximate surface area is 152 Å². The van der Waals surface area contributed by atoms with E-state index in [0.29, 0.717) is 12.4 Å². The fourth-order valence-electron chi connectivity index (χ4n) is 3.28. The van der Waals surface area contributed by atoms with Gasteiger partial charge in [-0.15, -0.1) is 0 Å². The van der Waals surface area contributed by atoms with Crippen LogP contribution in [0.15, 0.2) is 52.4 Å². The van der Waals surface area contributed by atoms with E-state index in [9.17, 15) is 4.79 Å². The van der Waals surface area contributed by atoms with Gasteiger partial charge in [-0.05, 0) is 50.2 Å². The van der Waals surface area contributed by atoms with Crippen molar-refractivity contribution in [1.82, 2.24) is 9.88 Å². The molecule has 6 heteroatoms. The lowest BCUT2D eigenvalue weighted by atomic mass is 10.1. The first kappa shape index (κ1) is 16.4. The summed E-state index contributed by atoms with van der Waals surface area (Å²) in [7, 11) is 0. The van der Waals surface area contributed by atoms with Crippen LogP contribution < -0.4 is 4.90 Å². The summed E-state index contributed by atoms with van der Waals surface area (Å²) >= 11 is 1.63. The number of fused-ring (bicyclic) bond motifs is 2. The fourth-order valence-corrected chi connectivity index (χ4v) is 4.31. The number of carbonyl (C=O) groups is 1. The van der Waals surface area contributed by atoms with Gasteiger partial charge in [-0.2, -0.15) is 0 Å². The standard InChI is InChI=1S/C19H21N3O2S/c23-19(24-14-13-21-11-4-1-5-12-21)22-15-7-2-3-8-16(15)25-17-9-6-10-20-18(17)22/h2-3,6-10H,1,4-5,11-14H2. The minimum atomic E-state index is -0.357. The number of piperidine rings is 1. The van der Waals surface area contributed by atoms with Crippen LogP contribution in [0.1, 0.15) is 19.3 Å². The highest BCUT2D eigenvalue weighted by Crippen LogP contribution is 2.46. The second kappa shape index (κ2) is 7.45. The minimum Gasteiger partial charge on any atom is -0.448 e. The number of benzene rings is 1. The number of rotatable bonds is 3. The van der Waals surface area contributed by atoms with Crippen LogP contribution in [0.2, 0.25) is 0 Å². The van der Waals surface area contributed by atoms with Gasteiger partial charge < -0.3 is 4.74 Å². The number of carbonyl (C=O) groups excluding carboxylic acids is 1. The Kier molecular flexibility index (Phi) is 4.90. The Balaban J connectivity index is 1.49. The zero-order chi connectivity index (χ0) is 17.1. The van der Waals surface area contributed by atoms with Crippen molar-refractivity contribution in [3.05, 3.63) is 42.6 Å². The van der Waals surface area contributed by atoms with E-state index >= 15 is 0 Å². The van der Waals surface area contributed by atoms with Gasteiger partial charge >= 0.3 is 6.09 Å². The molecule has 4 rings (SSSR count). The van der Waals surface area contributed by atoms with E-state index in [2.05, 4.69) is 9.88 Å². The maximum Gasteiger partial charge on any atom is 0.420 e. The second-order valence-corrected chi connectivity index (χ2v) is 7.33. The number of ether oxygens (including phenoxy) is 1. The molecule has 130 valence electrons. The van der Waals surface area contributed by atoms with Gasteiger partial charge in [0.05, 0.1) is 10.6 Å². The summed E-state index contributed by atoms with van der Waals surface area (Å²) in [6.07, 6.45) is 5.14. The zero-order valence-electron chi connectivity index (χ0n) is 14.1. The molecule has 0 spiro atoms. The molecule has 1 saturated heterocycles. The largest absolute Gasteiger partial charge is 0.448 e. The van der Waals surface area contributed by atoms with Gasteiger partial charge in [0.1, 0.15) is 6.61 Å². The van der Waals surface area contributed by atoms with Crippen molar-refractivity contribution in [2.75, 3.05) is 31.1 Å². The van der Waals surface area contributed by atoms with Crippen molar-refractivity contribution in [2.45, 2.75) is 29.1 Å². The van der Waals surface area contributed by atoms with Gasteiger partial charge in [-0.3, -0.25) is 4.90 Å². The molecule has 1 aromatic carbocycles. The lowest BCUT2D eigenvalue weighted by molar-refractivity contribution is 0.128. The van der Waals surface area contributed by atoms with E-state index in [1.54, 1.807) is 22.9 Å². The monoisotopic (exact) mass is 355 g/mol. The topological polar surface area (TPSA) is 45.7 Å². The van der Waals surface area contributed by atoms with Crippen molar-refractivity contribution in [3.8, 4) is 0 Å². The first-order valence-corrected chi connectivity index (χ1v) is 9.56. The average molecular weight is 355 g/mol. The summed E-state index contributed by atoms with van der Waals surface area (Å²) in [4.78, 5) is 23.2. The summed E-state index contributed by atoms with van der Waals surface area (Å²) in [6, 6.07) is 11.7. The zero-order valence-corrected chi connectivity index (χ0v) is 14.9. The quantitative estimate of drug-likeness (QED) is 0.821. The number of aromatic nitrogens is 1. The van der Waals surface area contributed by atoms with E-state index < -0.39 is 0 Å². The molecule has 1 amide bonds. The molecule has 3 heterocycles. The van der Waals surface area contributed by atoms with Crippen LogP contribution in [0.3, 0.4) is 0 Å². The summed E-state index contributed by atoms with van der Waals surface area (Å²) in [6.45, 7) is 3.41. The highest BCUT2D eigenvalue weighted by molar-refractivity contribution is 7.99. The molecule has 0 atom stereocenters. The van der Waals surface area contributed by atoms with E-state index in [1.807, 2.05) is 36.4 Å². The summed E-state index contributed by atoms with van der Waals surface area (Å²) in [5.41, 5.74) is 0.835. The van der Waals surface area contributed by atoms with Crippen molar-refractivity contribution in [1.29, 1.82) is 0 Å². The van der Waals surface area contributed by atoms with Gasteiger partial charge in [0.15, 0.2) is 5.82 Å². The second-order valence-electron chi connectivity index (χ2n) is 6.25. The number of anilines is 2. The number of hydrogen-bond donors (Lipinski definition) is 0. The van der Waals surface area contributed by atoms with Crippen molar-refractivity contribution in [3.63, 3.8) is 0 Å². The number of pyridine rings is 1. The molecule has 0 unspecified atom stereocenters. The molecule has 2 aliphatic rings. The first-order valence-electron chi connectivity index (χ1n) is 8.74. The van der Waals surface area contributed by atoms with E-state index in [1.165, 1.54) is 19.3 Å². The van der Waals surface area contributed by atoms with Crippen LogP contribution in [-0.4, -0.2) is 42.2 Å². The maximum atomic E-state index is 12.8. The highest BCUT2D eigenvalue weighted by atomic mass is 32.2. The number of amides is 1. The molecular weight excluding hydrogens is 334 g/mol. The van der Waals surface area contributed by atoms with Gasteiger partial charge in [0.25, 0.3) is 0 Å². The molecule has 0 N–H and O–H groups in total. The molecule has 1 fully saturated rings. The Bertz CT molecular complexity index is 716. The third-order valence-corrected chi connectivity index (χ3v) is 5.66. The fraction of sp³-hybridized carbons (Fsp3) is 0.368. The normalized spacial score (nSPS) is 16.9. The Morgan fingerprint density at radius 3 is 2.76 bits per heavy atom. The predicted molar refractivity (Wildman–Crippen MR) is 98.6 cm³/mol. The van der Waals surface area contributed by atoms with Crippen LogP contribution in [0, 0.1) is 0 Å². The highest BCUT2D eigenvalue weighted by Gasteiger charge is 2.30. The van der Waals surface area contributed by atoms with Crippen molar-refractivity contribution < 1.29 is 9.53 Å².